The fourth-order valence-electron chi connectivity index (χ4n) is 6.89. The van der Waals surface area contributed by atoms with E-state index in [-0.39, 0.29) is 31.9 Å². The molecule has 0 spiro atoms. The van der Waals surface area contributed by atoms with E-state index in [1.807, 2.05) is 32.0 Å². The first-order valence-corrected chi connectivity index (χ1v) is 13.9. The molecule has 10 atom stereocenters. The van der Waals surface area contributed by atoms with Crippen LogP contribution in [0.15, 0.2) is 24.3 Å². The van der Waals surface area contributed by atoms with Crippen molar-refractivity contribution in [2.75, 3.05) is 27.1 Å². The average Bonchev–Trinajstić information content (AvgIpc) is 3.58. The van der Waals surface area contributed by atoms with Gasteiger partial charge in [0.25, 0.3) is 0 Å². The van der Waals surface area contributed by atoms with Crippen LogP contribution < -0.4 is 14.2 Å². The van der Waals surface area contributed by atoms with Crippen LogP contribution in [-0.2, 0) is 28.5 Å². The summed E-state index contributed by atoms with van der Waals surface area (Å²) in [6.07, 6.45) is -6.48. The maximum absolute atomic E-state index is 13.4. The van der Waals surface area contributed by atoms with Gasteiger partial charge in [-0.3, -0.25) is 4.79 Å². The number of ether oxygens (including phenoxy) is 8. The summed E-state index contributed by atoms with van der Waals surface area (Å²) in [4.78, 5) is 13.4. The van der Waals surface area contributed by atoms with Crippen LogP contribution in [0.25, 0.3) is 0 Å². The number of aryl methyl sites for hydroxylation is 1. The molecule has 41 heavy (non-hydrogen) atoms. The molecule has 0 radical (unpaired) electrons. The average molecular weight is 571 g/mol. The van der Waals surface area contributed by atoms with Crippen LogP contribution in [0.5, 0.6) is 17.2 Å². The van der Waals surface area contributed by atoms with Crippen molar-refractivity contribution in [3.8, 4) is 17.2 Å². The minimum absolute atomic E-state index is 0.0823. The van der Waals surface area contributed by atoms with Crippen LogP contribution in [0, 0.1) is 25.7 Å². The van der Waals surface area contributed by atoms with Crippen molar-refractivity contribution in [1.82, 2.24) is 0 Å². The topological polar surface area (TPSA) is 131 Å². The van der Waals surface area contributed by atoms with E-state index in [1.165, 1.54) is 0 Å². The van der Waals surface area contributed by atoms with Gasteiger partial charge in [-0.2, -0.15) is 0 Å². The van der Waals surface area contributed by atoms with Crippen molar-refractivity contribution in [1.29, 1.82) is 0 Å². The maximum atomic E-state index is 13.4. The smallest absolute Gasteiger partial charge is 0.310 e. The molecule has 0 aromatic heterocycles. The summed E-state index contributed by atoms with van der Waals surface area (Å²) >= 11 is 0. The van der Waals surface area contributed by atoms with Gasteiger partial charge in [-0.05, 0) is 66.8 Å². The number of carbonyl (C=O) groups is 1. The van der Waals surface area contributed by atoms with Crippen molar-refractivity contribution in [3.63, 3.8) is 0 Å². The Morgan fingerprint density at radius 2 is 1.68 bits per heavy atom. The first-order chi connectivity index (χ1) is 19.7. The van der Waals surface area contributed by atoms with Gasteiger partial charge in [-0.25, -0.2) is 0 Å². The fraction of sp³-hybridized carbons (Fsp3) is 0.567. The molecule has 11 nitrogen and oxygen atoms in total. The Balaban J connectivity index is 1.31. The van der Waals surface area contributed by atoms with Gasteiger partial charge in [0.05, 0.1) is 32.3 Å². The molecule has 0 saturated carbocycles. The Hall–Kier alpha value is -2.93. The molecule has 220 valence electrons. The predicted octanol–water partition coefficient (Wildman–Crippen LogP) is 2.24. The normalized spacial score (nSPS) is 37.2. The van der Waals surface area contributed by atoms with Gasteiger partial charge in [0.2, 0.25) is 6.79 Å². The molecule has 5 aliphatic rings. The summed E-state index contributed by atoms with van der Waals surface area (Å²) in [6.45, 7) is 6.12. The second-order valence-electron chi connectivity index (χ2n) is 11.4. The Morgan fingerprint density at radius 3 is 2.44 bits per heavy atom. The van der Waals surface area contributed by atoms with Crippen molar-refractivity contribution in [2.24, 2.45) is 11.8 Å². The molecule has 8 unspecified atom stereocenters. The van der Waals surface area contributed by atoms with Gasteiger partial charge in [0, 0.05) is 11.8 Å². The molecule has 3 fully saturated rings. The van der Waals surface area contributed by atoms with E-state index in [1.54, 1.807) is 14.0 Å². The molecule has 0 bridgehead atoms. The van der Waals surface area contributed by atoms with Crippen LogP contribution in [0.3, 0.4) is 0 Å². The number of aliphatic hydroxyl groups is 2. The lowest BCUT2D eigenvalue weighted by atomic mass is 9.66. The van der Waals surface area contributed by atoms with Gasteiger partial charge in [-0.15, -0.1) is 0 Å². The highest BCUT2D eigenvalue weighted by molar-refractivity contribution is 5.78. The minimum atomic E-state index is -1.39. The Bertz CT molecular complexity index is 1360. The number of methoxy groups -OCH3 is 1. The molecule has 2 aromatic carbocycles. The quantitative estimate of drug-likeness (QED) is 0.525. The highest BCUT2D eigenvalue weighted by atomic mass is 16.8. The molecular weight excluding hydrogens is 536 g/mol. The molecule has 2 aromatic rings. The summed E-state index contributed by atoms with van der Waals surface area (Å²) in [5.74, 6) is 0.176. The number of esters is 1. The van der Waals surface area contributed by atoms with Crippen molar-refractivity contribution in [3.05, 3.63) is 52.1 Å². The summed E-state index contributed by atoms with van der Waals surface area (Å²) in [6, 6.07) is 7.82. The third kappa shape index (κ3) is 4.29. The minimum Gasteiger partial charge on any atom is -0.496 e. The van der Waals surface area contributed by atoms with Crippen LogP contribution >= 0.6 is 0 Å². The van der Waals surface area contributed by atoms with Gasteiger partial charge in [-0.1, -0.05) is 6.07 Å². The Morgan fingerprint density at radius 1 is 0.927 bits per heavy atom. The largest absolute Gasteiger partial charge is 0.496 e. The van der Waals surface area contributed by atoms with Gasteiger partial charge < -0.3 is 48.1 Å². The lowest BCUT2D eigenvalue weighted by Gasteiger charge is -2.47. The molecule has 11 heteroatoms. The number of benzene rings is 2. The molecule has 1 aliphatic carbocycles. The predicted molar refractivity (Wildman–Crippen MR) is 140 cm³/mol. The van der Waals surface area contributed by atoms with Crippen LogP contribution in [0.4, 0.5) is 0 Å². The van der Waals surface area contributed by atoms with E-state index in [2.05, 4.69) is 6.07 Å². The number of hydrogen-bond acceptors (Lipinski definition) is 11. The van der Waals surface area contributed by atoms with E-state index >= 15 is 0 Å². The van der Waals surface area contributed by atoms with Crippen LogP contribution in [0.2, 0.25) is 0 Å². The molecule has 2 N–H and O–H groups in total. The zero-order valence-electron chi connectivity index (χ0n) is 23.3. The second-order valence-corrected chi connectivity index (χ2v) is 11.4. The number of fused-ring (bicyclic) bond motifs is 4. The number of cyclic esters (lactones) is 1. The first kappa shape index (κ1) is 26.9. The van der Waals surface area contributed by atoms with Crippen molar-refractivity contribution < 1.29 is 52.9 Å². The van der Waals surface area contributed by atoms with Crippen LogP contribution in [-0.4, -0.2) is 80.3 Å². The zero-order valence-corrected chi connectivity index (χ0v) is 23.3. The summed E-state index contributed by atoms with van der Waals surface area (Å²) < 4.78 is 46.6. The summed E-state index contributed by atoms with van der Waals surface area (Å²) in [5.41, 5.74) is 4.57. The van der Waals surface area contributed by atoms with Crippen molar-refractivity contribution in [2.45, 2.75) is 69.8 Å². The highest BCUT2D eigenvalue weighted by Crippen LogP contribution is 2.56. The zero-order chi connectivity index (χ0) is 28.6. The molecule has 0 amide bonds. The lowest BCUT2D eigenvalue weighted by molar-refractivity contribution is -0.364. The third-order valence-corrected chi connectivity index (χ3v) is 9.11. The number of rotatable bonds is 4. The SMILES string of the molecule is COc1cc([C@@H]2c3cc4c(cc3C(OC3OC5COC(C)OC5C(O)[C@H]3O)C3COC(=O)C32)OCO4)cc(C)c1C. The van der Waals surface area contributed by atoms with Crippen molar-refractivity contribution >= 4 is 5.97 Å². The second kappa shape index (κ2) is 10.1. The van der Waals surface area contributed by atoms with E-state index in [4.69, 9.17) is 37.9 Å². The van der Waals surface area contributed by atoms with Gasteiger partial charge in [0.1, 0.15) is 30.2 Å². The molecule has 3 saturated heterocycles. The molecular formula is C30H34O11. The number of aliphatic hydroxyl groups excluding tert-OH is 2. The van der Waals surface area contributed by atoms with Gasteiger partial charge in [0.15, 0.2) is 24.1 Å². The number of hydrogen-bond donors (Lipinski definition) is 2. The molecule has 7 rings (SSSR count). The maximum Gasteiger partial charge on any atom is 0.310 e. The monoisotopic (exact) mass is 570 g/mol. The van der Waals surface area contributed by atoms with E-state index < -0.39 is 54.9 Å². The molecule has 4 heterocycles. The third-order valence-electron chi connectivity index (χ3n) is 9.11. The standard InChI is InChI=1S/C30H34O11/c1-12-5-15(6-19(34-4)13(12)2)23-16-7-20-21(38-11-37-20)8-17(16)27(18-9-36-29(33)24(18)23)41-30-26(32)25(31)28-22(40-30)10-35-14(3)39-28/h5-8,14,18,22-28,30-32H,9-11H2,1-4H3/t14?,18?,22?,23-,24?,25?,26-,27?,28?,30?/m1/s1. The number of carbonyl (C=O) groups excluding carboxylic acids is 1. The first-order valence-electron chi connectivity index (χ1n) is 13.9. The van der Waals surface area contributed by atoms with E-state index in [9.17, 15) is 15.0 Å². The lowest BCUT2D eigenvalue weighted by Crippen LogP contribution is -2.63. The van der Waals surface area contributed by atoms with Crippen LogP contribution in [0.1, 0.15) is 46.8 Å². The fourth-order valence-corrected chi connectivity index (χ4v) is 6.89. The highest BCUT2D eigenvalue weighted by Gasteiger charge is 2.56. The van der Waals surface area contributed by atoms with Gasteiger partial charge >= 0.3 is 5.97 Å². The summed E-state index contributed by atoms with van der Waals surface area (Å²) in [5, 5.41) is 22.0. The molecule has 4 aliphatic heterocycles. The van der Waals surface area contributed by atoms with E-state index in [0.717, 1.165) is 33.6 Å². The summed E-state index contributed by atoms with van der Waals surface area (Å²) in [7, 11) is 1.63. The Labute approximate surface area is 237 Å². The van der Waals surface area contributed by atoms with E-state index in [0.29, 0.717) is 11.5 Å². The Kier molecular flexibility index (Phi) is 6.64.